The molecule has 1 aromatic rings. The second-order valence-electron chi connectivity index (χ2n) is 3.28. The minimum absolute atomic E-state index is 0.968. The maximum atomic E-state index is 4.82. The summed E-state index contributed by atoms with van der Waals surface area (Å²) in [5.74, 6) is 0.968. The number of likely N-dealkylation sites (N-methyl/N-ethyl adjacent to an activating group) is 1. The normalized spacial score (nSPS) is 19.3. The Morgan fingerprint density at radius 1 is 1.38 bits per heavy atom. The number of rotatable bonds is 2. The summed E-state index contributed by atoms with van der Waals surface area (Å²) >= 11 is 0. The highest BCUT2D eigenvalue weighted by Crippen LogP contribution is 2.12. The Balaban J connectivity index is 1.92. The molecule has 13 heavy (non-hydrogen) atoms. The lowest BCUT2D eigenvalue weighted by Crippen LogP contribution is -2.46. The van der Waals surface area contributed by atoms with E-state index in [0.29, 0.717) is 0 Å². The van der Waals surface area contributed by atoms with Gasteiger partial charge >= 0.3 is 0 Å². The second kappa shape index (κ2) is 3.79. The molecular formula is C9H15N3O. The predicted molar refractivity (Wildman–Crippen MR) is 50.8 cm³/mol. The SMILES string of the molecule is CCN1CCN(c2ccon2)CC1. The van der Waals surface area contributed by atoms with Gasteiger partial charge in [0, 0.05) is 32.2 Å². The van der Waals surface area contributed by atoms with Gasteiger partial charge in [-0.05, 0) is 6.54 Å². The summed E-state index contributed by atoms with van der Waals surface area (Å²) in [7, 11) is 0. The van der Waals surface area contributed by atoms with Gasteiger partial charge in [0.2, 0.25) is 0 Å². The average molecular weight is 181 g/mol. The Labute approximate surface area is 78.1 Å². The molecule has 1 aliphatic rings. The quantitative estimate of drug-likeness (QED) is 0.676. The fourth-order valence-electron chi connectivity index (χ4n) is 1.66. The van der Waals surface area contributed by atoms with Crippen LogP contribution in [0.4, 0.5) is 5.82 Å². The van der Waals surface area contributed by atoms with Gasteiger partial charge in [-0.15, -0.1) is 0 Å². The molecule has 1 aliphatic heterocycles. The number of nitrogens with zero attached hydrogens (tertiary/aromatic N) is 3. The lowest BCUT2D eigenvalue weighted by atomic mass is 10.3. The van der Waals surface area contributed by atoms with Crippen molar-refractivity contribution in [2.45, 2.75) is 6.92 Å². The van der Waals surface area contributed by atoms with Gasteiger partial charge in [-0.1, -0.05) is 12.1 Å². The Morgan fingerprint density at radius 3 is 2.69 bits per heavy atom. The van der Waals surface area contributed by atoms with Crippen LogP contribution in [0.5, 0.6) is 0 Å². The maximum absolute atomic E-state index is 4.82. The molecule has 1 aromatic heterocycles. The summed E-state index contributed by atoms with van der Waals surface area (Å²) in [6.45, 7) is 7.71. The molecule has 0 unspecified atom stereocenters. The van der Waals surface area contributed by atoms with E-state index in [1.165, 1.54) is 0 Å². The lowest BCUT2D eigenvalue weighted by molar-refractivity contribution is 0.269. The molecule has 0 aromatic carbocycles. The Kier molecular flexibility index (Phi) is 2.49. The second-order valence-corrected chi connectivity index (χ2v) is 3.28. The van der Waals surface area contributed by atoms with Crippen molar-refractivity contribution in [1.29, 1.82) is 0 Å². The Morgan fingerprint density at radius 2 is 2.15 bits per heavy atom. The smallest absolute Gasteiger partial charge is 0.172 e. The minimum atomic E-state index is 0.968. The molecule has 1 fully saturated rings. The first-order valence-corrected chi connectivity index (χ1v) is 4.78. The summed E-state index contributed by atoms with van der Waals surface area (Å²) in [6, 6.07) is 1.92. The molecule has 4 nitrogen and oxygen atoms in total. The van der Waals surface area contributed by atoms with Crippen LogP contribution in [-0.2, 0) is 0 Å². The Hall–Kier alpha value is -1.03. The zero-order valence-corrected chi connectivity index (χ0v) is 7.94. The summed E-state index contributed by atoms with van der Waals surface area (Å²) < 4.78 is 4.82. The van der Waals surface area contributed by atoms with Gasteiger partial charge < -0.3 is 14.3 Å². The summed E-state index contributed by atoms with van der Waals surface area (Å²) in [5.41, 5.74) is 0. The van der Waals surface area contributed by atoms with Crippen molar-refractivity contribution in [2.75, 3.05) is 37.6 Å². The van der Waals surface area contributed by atoms with Crippen LogP contribution in [0.3, 0.4) is 0 Å². The lowest BCUT2D eigenvalue weighted by Gasteiger charge is -2.33. The zero-order valence-electron chi connectivity index (χ0n) is 7.94. The number of hydrogen-bond donors (Lipinski definition) is 0. The molecule has 0 spiro atoms. The fourth-order valence-corrected chi connectivity index (χ4v) is 1.66. The first-order valence-electron chi connectivity index (χ1n) is 4.78. The number of piperazine rings is 1. The van der Waals surface area contributed by atoms with Crippen molar-refractivity contribution in [3.05, 3.63) is 12.3 Å². The number of aromatic nitrogens is 1. The van der Waals surface area contributed by atoms with Gasteiger partial charge in [0.25, 0.3) is 0 Å². The average Bonchev–Trinajstić information content (AvgIpc) is 2.71. The third-order valence-electron chi connectivity index (χ3n) is 2.57. The molecule has 4 heteroatoms. The van der Waals surface area contributed by atoms with Gasteiger partial charge in [0.15, 0.2) is 5.82 Å². The largest absolute Gasteiger partial charge is 0.363 e. The fraction of sp³-hybridized carbons (Fsp3) is 0.667. The molecule has 2 rings (SSSR count). The maximum Gasteiger partial charge on any atom is 0.172 e. The van der Waals surface area contributed by atoms with E-state index in [9.17, 15) is 0 Å². The van der Waals surface area contributed by atoms with Crippen LogP contribution in [-0.4, -0.2) is 42.8 Å². The standard InChI is InChI=1S/C9H15N3O/c1-2-11-4-6-12(7-5-11)9-3-8-13-10-9/h3,8H,2,4-7H2,1H3. The van der Waals surface area contributed by atoms with Crippen LogP contribution in [0.15, 0.2) is 16.9 Å². The van der Waals surface area contributed by atoms with Crippen LogP contribution < -0.4 is 4.90 Å². The van der Waals surface area contributed by atoms with Crippen LogP contribution in [0.25, 0.3) is 0 Å². The van der Waals surface area contributed by atoms with E-state index in [1.54, 1.807) is 6.26 Å². The van der Waals surface area contributed by atoms with Crippen LogP contribution in [0.2, 0.25) is 0 Å². The highest BCUT2D eigenvalue weighted by atomic mass is 16.5. The molecule has 0 bridgehead atoms. The topological polar surface area (TPSA) is 32.5 Å². The molecule has 0 N–H and O–H groups in total. The van der Waals surface area contributed by atoms with Crippen LogP contribution in [0.1, 0.15) is 6.92 Å². The summed E-state index contributed by atoms with van der Waals surface area (Å²) in [5, 5.41) is 3.92. The summed E-state index contributed by atoms with van der Waals surface area (Å²) in [6.07, 6.45) is 1.63. The van der Waals surface area contributed by atoms with Crippen molar-refractivity contribution < 1.29 is 4.52 Å². The van der Waals surface area contributed by atoms with Gasteiger partial charge in [-0.2, -0.15) is 0 Å². The van der Waals surface area contributed by atoms with Crippen LogP contribution >= 0.6 is 0 Å². The highest BCUT2D eigenvalue weighted by molar-refractivity contribution is 5.36. The molecule has 1 saturated heterocycles. The van der Waals surface area contributed by atoms with Crippen molar-refractivity contribution >= 4 is 5.82 Å². The van der Waals surface area contributed by atoms with Crippen molar-refractivity contribution in [1.82, 2.24) is 10.1 Å². The number of anilines is 1. The minimum Gasteiger partial charge on any atom is -0.363 e. The van der Waals surface area contributed by atoms with Gasteiger partial charge in [0.05, 0.1) is 0 Å². The van der Waals surface area contributed by atoms with Gasteiger partial charge in [-0.3, -0.25) is 0 Å². The summed E-state index contributed by atoms with van der Waals surface area (Å²) in [4.78, 5) is 4.70. The molecule has 0 atom stereocenters. The molecule has 2 heterocycles. The van der Waals surface area contributed by atoms with E-state index in [2.05, 4.69) is 21.9 Å². The van der Waals surface area contributed by atoms with Crippen LogP contribution in [0, 0.1) is 0 Å². The van der Waals surface area contributed by atoms with Crippen molar-refractivity contribution in [3.8, 4) is 0 Å². The van der Waals surface area contributed by atoms with E-state index < -0.39 is 0 Å². The Bertz CT molecular complexity index is 239. The third-order valence-corrected chi connectivity index (χ3v) is 2.57. The van der Waals surface area contributed by atoms with Crippen molar-refractivity contribution in [2.24, 2.45) is 0 Å². The van der Waals surface area contributed by atoms with E-state index in [0.717, 1.165) is 38.5 Å². The predicted octanol–water partition coefficient (Wildman–Crippen LogP) is 0.816. The third kappa shape index (κ3) is 1.83. The van der Waals surface area contributed by atoms with Gasteiger partial charge in [0.1, 0.15) is 6.26 Å². The number of hydrogen-bond acceptors (Lipinski definition) is 4. The van der Waals surface area contributed by atoms with E-state index in [4.69, 9.17) is 4.52 Å². The first kappa shape index (κ1) is 8.56. The van der Waals surface area contributed by atoms with Gasteiger partial charge in [-0.25, -0.2) is 0 Å². The molecule has 0 saturated carbocycles. The molecule has 0 aliphatic carbocycles. The monoisotopic (exact) mass is 181 g/mol. The zero-order chi connectivity index (χ0) is 9.10. The molecule has 0 amide bonds. The van der Waals surface area contributed by atoms with Crippen molar-refractivity contribution in [3.63, 3.8) is 0 Å². The molecule has 0 radical (unpaired) electrons. The van der Waals surface area contributed by atoms with E-state index >= 15 is 0 Å². The molecular weight excluding hydrogens is 166 g/mol. The molecule has 72 valence electrons. The highest BCUT2D eigenvalue weighted by Gasteiger charge is 2.16. The van der Waals surface area contributed by atoms with E-state index in [1.807, 2.05) is 6.07 Å². The first-order chi connectivity index (χ1) is 6.40. The van der Waals surface area contributed by atoms with E-state index in [-0.39, 0.29) is 0 Å².